The molecule has 1 saturated heterocycles. The van der Waals surface area contributed by atoms with E-state index in [0.29, 0.717) is 5.69 Å². The second kappa shape index (κ2) is 5.52. The lowest BCUT2D eigenvalue weighted by Gasteiger charge is -2.24. The van der Waals surface area contributed by atoms with E-state index in [4.69, 9.17) is 5.26 Å². The molecule has 0 bridgehead atoms. The lowest BCUT2D eigenvalue weighted by atomic mass is 10.1. The van der Waals surface area contributed by atoms with E-state index in [1.165, 1.54) is 6.07 Å². The van der Waals surface area contributed by atoms with E-state index in [1.807, 2.05) is 4.90 Å². The van der Waals surface area contributed by atoms with E-state index in [2.05, 4.69) is 0 Å². The molecule has 0 atom stereocenters. The zero-order chi connectivity index (χ0) is 13.9. The van der Waals surface area contributed by atoms with Gasteiger partial charge < -0.3 is 4.90 Å². The Bertz CT molecular complexity index is 480. The molecule has 2 rings (SSSR count). The largest absolute Gasteiger partial charge is 0.417 e. The van der Waals surface area contributed by atoms with Gasteiger partial charge in [0.1, 0.15) is 0 Å². The van der Waals surface area contributed by atoms with Crippen molar-refractivity contribution in [3.63, 3.8) is 0 Å². The van der Waals surface area contributed by atoms with Crippen LogP contribution in [0.1, 0.15) is 36.8 Å². The van der Waals surface area contributed by atoms with Crippen molar-refractivity contribution in [2.75, 3.05) is 18.0 Å². The molecule has 1 fully saturated rings. The van der Waals surface area contributed by atoms with Gasteiger partial charge in [0.15, 0.2) is 0 Å². The van der Waals surface area contributed by atoms with Gasteiger partial charge in [-0.2, -0.15) is 18.4 Å². The van der Waals surface area contributed by atoms with Crippen molar-refractivity contribution >= 4 is 5.69 Å². The van der Waals surface area contributed by atoms with E-state index >= 15 is 0 Å². The fourth-order valence-corrected chi connectivity index (χ4v) is 2.39. The van der Waals surface area contributed by atoms with Crippen molar-refractivity contribution in [1.82, 2.24) is 0 Å². The Hall–Kier alpha value is -1.70. The molecular formula is C14H15F3N2. The van der Waals surface area contributed by atoms with Crippen molar-refractivity contribution < 1.29 is 13.2 Å². The number of anilines is 1. The number of rotatable bonds is 1. The molecule has 1 heterocycles. The SMILES string of the molecule is N#Cc1ccc(N2CCCCCC2)cc1C(F)(F)F. The van der Waals surface area contributed by atoms with Gasteiger partial charge in [-0.1, -0.05) is 12.8 Å². The number of benzene rings is 1. The summed E-state index contributed by atoms with van der Waals surface area (Å²) in [7, 11) is 0. The van der Waals surface area contributed by atoms with Crippen LogP contribution in [-0.2, 0) is 6.18 Å². The summed E-state index contributed by atoms with van der Waals surface area (Å²) in [4.78, 5) is 1.98. The average molecular weight is 268 g/mol. The Morgan fingerprint density at radius 3 is 2.21 bits per heavy atom. The molecule has 0 N–H and O–H groups in total. The molecule has 1 aromatic carbocycles. The highest BCUT2D eigenvalue weighted by Crippen LogP contribution is 2.34. The van der Waals surface area contributed by atoms with Crippen molar-refractivity contribution in [1.29, 1.82) is 5.26 Å². The first-order chi connectivity index (χ1) is 9.02. The minimum absolute atomic E-state index is 0.314. The first-order valence-corrected chi connectivity index (χ1v) is 6.38. The maximum Gasteiger partial charge on any atom is 0.417 e. The number of nitrogens with zero attached hydrogens (tertiary/aromatic N) is 2. The van der Waals surface area contributed by atoms with Crippen LogP contribution in [-0.4, -0.2) is 13.1 Å². The number of hydrogen-bond acceptors (Lipinski definition) is 2. The van der Waals surface area contributed by atoms with Gasteiger partial charge in [-0.3, -0.25) is 0 Å². The third kappa shape index (κ3) is 3.19. The second-order valence-electron chi connectivity index (χ2n) is 4.74. The van der Waals surface area contributed by atoms with E-state index in [9.17, 15) is 13.2 Å². The molecular weight excluding hydrogens is 253 g/mol. The Labute approximate surface area is 110 Å². The Morgan fingerprint density at radius 2 is 1.68 bits per heavy atom. The summed E-state index contributed by atoms with van der Waals surface area (Å²) in [5.74, 6) is 0. The number of alkyl halides is 3. The highest BCUT2D eigenvalue weighted by atomic mass is 19.4. The molecule has 1 aliphatic heterocycles. The van der Waals surface area contributed by atoms with E-state index in [0.717, 1.165) is 44.8 Å². The molecule has 1 aliphatic rings. The fraction of sp³-hybridized carbons (Fsp3) is 0.500. The standard InChI is InChI=1S/C14H15F3N2/c15-14(16,17)13-9-12(6-5-11(13)10-18)19-7-3-1-2-4-8-19/h5-6,9H,1-4,7-8H2. The van der Waals surface area contributed by atoms with Crippen LogP contribution >= 0.6 is 0 Å². The summed E-state index contributed by atoms with van der Waals surface area (Å²) in [5.41, 5.74) is -0.587. The van der Waals surface area contributed by atoms with Crippen molar-refractivity contribution in [2.45, 2.75) is 31.9 Å². The van der Waals surface area contributed by atoms with Crippen LogP contribution in [0.5, 0.6) is 0 Å². The minimum atomic E-state index is -4.48. The summed E-state index contributed by atoms with van der Waals surface area (Å²) >= 11 is 0. The predicted octanol–water partition coefficient (Wildman–Crippen LogP) is 3.96. The van der Waals surface area contributed by atoms with E-state index < -0.39 is 11.7 Å². The van der Waals surface area contributed by atoms with Crippen LogP contribution in [0.4, 0.5) is 18.9 Å². The second-order valence-corrected chi connectivity index (χ2v) is 4.74. The fourth-order valence-electron chi connectivity index (χ4n) is 2.39. The summed E-state index contributed by atoms with van der Waals surface area (Å²) < 4.78 is 38.7. The molecule has 0 amide bonds. The summed E-state index contributed by atoms with van der Waals surface area (Å²) in [5, 5.41) is 8.76. The number of hydrogen-bond donors (Lipinski definition) is 0. The highest BCUT2D eigenvalue weighted by molar-refractivity contribution is 5.54. The predicted molar refractivity (Wildman–Crippen MR) is 66.8 cm³/mol. The minimum Gasteiger partial charge on any atom is -0.372 e. The smallest absolute Gasteiger partial charge is 0.372 e. The maximum atomic E-state index is 12.9. The third-order valence-corrected chi connectivity index (χ3v) is 3.40. The van der Waals surface area contributed by atoms with Crippen molar-refractivity contribution in [3.05, 3.63) is 29.3 Å². The van der Waals surface area contributed by atoms with Crippen molar-refractivity contribution in [3.8, 4) is 6.07 Å². The molecule has 0 saturated carbocycles. The quantitative estimate of drug-likeness (QED) is 0.771. The first kappa shape index (κ1) is 13.7. The van der Waals surface area contributed by atoms with E-state index in [-0.39, 0.29) is 5.56 Å². The summed E-state index contributed by atoms with van der Waals surface area (Å²) in [6.45, 7) is 1.56. The molecule has 102 valence electrons. The highest BCUT2D eigenvalue weighted by Gasteiger charge is 2.34. The lowest BCUT2D eigenvalue weighted by Crippen LogP contribution is -2.24. The Balaban J connectivity index is 2.35. The number of halogens is 3. The Kier molecular flexibility index (Phi) is 3.98. The van der Waals surface area contributed by atoms with Gasteiger partial charge in [0.2, 0.25) is 0 Å². The van der Waals surface area contributed by atoms with Crippen LogP contribution in [0, 0.1) is 11.3 Å². The normalized spacial score (nSPS) is 16.8. The zero-order valence-electron chi connectivity index (χ0n) is 10.5. The van der Waals surface area contributed by atoms with Crippen molar-refractivity contribution in [2.24, 2.45) is 0 Å². The van der Waals surface area contributed by atoms with E-state index in [1.54, 1.807) is 12.1 Å². The molecule has 0 aromatic heterocycles. The molecule has 1 aromatic rings. The zero-order valence-corrected chi connectivity index (χ0v) is 10.5. The Morgan fingerprint density at radius 1 is 1.05 bits per heavy atom. The van der Waals surface area contributed by atoms with Gasteiger partial charge in [-0.25, -0.2) is 0 Å². The number of nitriles is 1. The molecule has 19 heavy (non-hydrogen) atoms. The van der Waals surface area contributed by atoms with Gasteiger partial charge in [-0.05, 0) is 31.0 Å². The first-order valence-electron chi connectivity index (χ1n) is 6.38. The molecule has 2 nitrogen and oxygen atoms in total. The lowest BCUT2D eigenvalue weighted by molar-refractivity contribution is -0.137. The van der Waals surface area contributed by atoms with Gasteiger partial charge >= 0.3 is 6.18 Å². The van der Waals surface area contributed by atoms with Gasteiger partial charge in [0.05, 0.1) is 17.2 Å². The maximum absolute atomic E-state index is 12.9. The molecule has 0 radical (unpaired) electrons. The molecule has 0 spiro atoms. The van der Waals surface area contributed by atoms with Crippen LogP contribution in [0.25, 0.3) is 0 Å². The topological polar surface area (TPSA) is 27.0 Å². The van der Waals surface area contributed by atoms with Crippen LogP contribution in [0.15, 0.2) is 18.2 Å². The van der Waals surface area contributed by atoms with Crippen LogP contribution in [0.2, 0.25) is 0 Å². The van der Waals surface area contributed by atoms with Crippen LogP contribution < -0.4 is 4.90 Å². The average Bonchev–Trinajstić information content (AvgIpc) is 2.66. The van der Waals surface area contributed by atoms with Gasteiger partial charge in [0.25, 0.3) is 0 Å². The van der Waals surface area contributed by atoms with Gasteiger partial charge in [-0.15, -0.1) is 0 Å². The molecule has 0 unspecified atom stereocenters. The third-order valence-electron chi connectivity index (χ3n) is 3.40. The molecule has 0 aliphatic carbocycles. The van der Waals surface area contributed by atoms with Gasteiger partial charge in [0, 0.05) is 18.8 Å². The monoisotopic (exact) mass is 268 g/mol. The summed E-state index contributed by atoms with van der Waals surface area (Å²) in [6.07, 6.45) is -0.229. The molecule has 5 heteroatoms. The van der Waals surface area contributed by atoms with Crippen LogP contribution in [0.3, 0.4) is 0 Å². The summed E-state index contributed by atoms with van der Waals surface area (Å²) in [6, 6.07) is 5.58.